The van der Waals surface area contributed by atoms with Crippen molar-refractivity contribution in [2.45, 2.75) is 32.7 Å². The van der Waals surface area contributed by atoms with Crippen LogP contribution >= 0.6 is 11.8 Å². The third-order valence-corrected chi connectivity index (χ3v) is 3.22. The summed E-state index contributed by atoms with van der Waals surface area (Å²) in [7, 11) is 0. The second-order valence-electron chi connectivity index (χ2n) is 3.43. The van der Waals surface area contributed by atoms with Crippen LogP contribution in [0.25, 0.3) is 0 Å². The van der Waals surface area contributed by atoms with Crippen molar-refractivity contribution in [1.82, 2.24) is 4.90 Å². The summed E-state index contributed by atoms with van der Waals surface area (Å²) in [5.74, 6) is 0.675. The summed E-state index contributed by atoms with van der Waals surface area (Å²) >= 11 is 1.32. The minimum atomic E-state index is -0.00877. The smallest absolute Gasteiger partial charge is 0.232 e. The van der Waals surface area contributed by atoms with E-state index in [0.717, 1.165) is 12.8 Å². The molecule has 0 radical (unpaired) electrons. The van der Waals surface area contributed by atoms with Crippen LogP contribution in [0.2, 0.25) is 0 Å². The zero-order chi connectivity index (χ0) is 12.4. The van der Waals surface area contributed by atoms with Gasteiger partial charge < -0.3 is 10.0 Å². The lowest BCUT2D eigenvalue weighted by Crippen LogP contribution is -2.42. The fourth-order valence-corrected chi connectivity index (χ4v) is 2.15. The zero-order valence-corrected chi connectivity index (χ0v) is 10.8. The molecule has 0 atom stereocenters. The van der Waals surface area contributed by atoms with E-state index in [2.05, 4.69) is 0 Å². The first-order valence-corrected chi connectivity index (χ1v) is 6.71. The van der Waals surface area contributed by atoms with Crippen molar-refractivity contribution in [2.24, 2.45) is 0 Å². The number of hydrogen-bond acceptors (Lipinski definition) is 4. The molecule has 1 N–H and O–H groups in total. The Morgan fingerprint density at radius 2 is 2.12 bits per heavy atom. The summed E-state index contributed by atoms with van der Waals surface area (Å²) in [5, 5.41) is 17.3. The van der Waals surface area contributed by atoms with Crippen LogP contribution in [-0.2, 0) is 4.79 Å². The van der Waals surface area contributed by atoms with Gasteiger partial charge in [-0.05, 0) is 12.8 Å². The number of nitrogens with zero attached hydrogens (tertiary/aromatic N) is 2. The first-order valence-electron chi connectivity index (χ1n) is 5.56. The molecule has 0 aromatic rings. The number of amides is 1. The quantitative estimate of drug-likeness (QED) is 0.653. The summed E-state index contributed by atoms with van der Waals surface area (Å²) in [6.45, 7) is 4.45. The van der Waals surface area contributed by atoms with Gasteiger partial charge in [0.05, 0.1) is 24.2 Å². The monoisotopic (exact) mass is 244 g/mol. The Labute approximate surface area is 102 Å². The number of nitriles is 1. The molecule has 92 valence electrons. The summed E-state index contributed by atoms with van der Waals surface area (Å²) in [6, 6.07) is 2.19. The predicted molar refractivity (Wildman–Crippen MR) is 66.1 cm³/mol. The number of rotatable bonds is 8. The Morgan fingerprint density at radius 3 is 2.56 bits per heavy atom. The molecule has 0 unspecified atom stereocenters. The van der Waals surface area contributed by atoms with Crippen molar-refractivity contribution in [1.29, 1.82) is 5.26 Å². The average molecular weight is 244 g/mol. The van der Waals surface area contributed by atoms with E-state index in [1.165, 1.54) is 11.8 Å². The van der Waals surface area contributed by atoms with Gasteiger partial charge in [-0.2, -0.15) is 5.26 Å². The number of aliphatic hydroxyl groups is 1. The summed E-state index contributed by atoms with van der Waals surface area (Å²) in [5.41, 5.74) is 0. The van der Waals surface area contributed by atoms with Crippen LogP contribution < -0.4 is 0 Å². The lowest BCUT2D eigenvalue weighted by molar-refractivity contribution is -0.131. The van der Waals surface area contributed by atoms with Crippen molar-refractivity contribution in [2.75, 3.05) is 24.7 Å². The summed E-state index contributed by atoms with van der Waals surface area (Å²) in [6.07, 6.45) is 1.79. The second-order valence-corrected chi connectivity index (χ2v) is 4.42. The standard InChI is InChI=1S/C11H20N2O2S/c1-3-10(4-2)13(6-7-14)11(15)9-16-8-5-12/h10,14H,3-4,6-9H2,1-2H3. The van der Waals surface area contributed by atoms with Crippen LogP contribution in [0.3, 0.4) is 0 Å². The summed E-state index contributed by atoms with van der Waals surface area (Å²) in [4.78, 5) is 13.6. The number of hydrogen-bond donors (Lipinski definition) is 1. The molecule has 0 aliphatic carbocycles. The first-order chi connectivity index (χ1) is 7.71. The van der Waals surface area contributed by atoms with E-state index in [1.54, 1.807) is 4.90 Å². The van der Waals surface area contributed by atoms with Gasteiger partial charge in [0.15, 0.2) is 0 Å². The van der Waals surface area contributed by atoms with Crippen LogP contribution in [0.15, 0.2) is 0 Å². The van der Waals surface area contributed by atoms with Crippen LogP contribution in [0.4, 0.5) is 0 Å². The van der Waals surface area contributed by atoms with Gasteiger partial charge in [-0.25, -0.2) is 0 Å². The minimum absolute atomic E-state index is 0.00877. The Morgan fingerprint density at radius 1 is 1.50 bits per heavy atom. The van der Waals surface area contributed by atoms with E-state index < -0.39 is 0 Å². The van der Waals surface area contributed by atoms with E-state index in [4.69, 9.17) is 10.4 Å². The maximum absolute atomic E-state index is 11.9. The van der Waals surface area contributed by atoms with Crippen LogP contribution in [0.1, 0.15) is 26.7 Å². The molecule has 0 spiro atoms. The minimum Gasteiger partial charge on any atom is -0.395 e. The molecule has 0 aromatic carbocycles. The van der Waals surface area contributed by atoms with Gasteiger partial charge in [0.2, 0.25) is 5.91 Å². The molecule has 1 amide bonds. The third kappa shape index (κ3) is 5.38. The Kier molecular flexibility index (Phi) is 9.06. The lowest BCUT2D eigenvalue weighted by Gasteiger charge is -2.29. The maximum Gasteiger partial charge on any atom is 0.232 e. The topological polar surface area (TPSA) is 64.3 Å². The van der Waals surface area contributed by atoms with Crippen molar-refractivity contribution in [3.8, 4) is 6.07 Å². The summed E-state index contributed by atoms with van der Waals surface area (Å²) < 4.78 is 0. The largest absolute Gasteiger partial charge is 0.395 e. The molecular weight excluding hydrogens is 224 g/mol. The highest BCUT2D eigenvalue weighted by atomic mass is 32.2. The molecule has 0 fully saturated rings. The number of carbonyl (C=O) groups excluding carboxylic acids is 1. The van der Waals surface area contributed by atoms with Crippen LogP contribution in [0, 0.1) is 11.3 Å². The van der Waals surface area contributed by atoms with E-state index in [0.29, 0.717) is 18.1 Å². The fourth-order valence-electron chi connectivity index (χ4n) is 1.61. The number of thioether (sulfide) groups is 1. The van der Waals surface area contributed by atoms with Gasteiger partial charge in [-0.1, -0.05) is 13.8 Å². The van der Waals surface area contributed by atoms with Gasteiger partial charge in [0.25, 0.3) is 0 Å². The second kappa shape index (κ2) is 9.49. The highest BCUT2D eigenvalue weighted by Crippen LogP contribution is 2.11. The lowest BCUT2D eigenvalue weighted by atomic mass is 10.1. The molecule has 4 nitrogen and oxygen atoms in total. The van der Waals surface area contributed by atoms with Crippen molar-refractivity contribution >= 4 is 17.7 Å². The average Bonchev–Trinajstić information content (AvgIpc) is 2.29. The van der Waals surface area contributed by atoms with Gasteiger partial charge >= 0.3 is 0 Å². The highest BCUT2D eigenvalue weighted by Gasteiger charge is 2.19. The highest BCUT2D eigenvalue weighted by molar-refractivity contribution is 8.00. The SMILES string of the molecule is CCC(CC)N(CCO)C(=O)CSCC#N. The van der Waals surface area contributed by atoms with E-state index >= 15 is 0 Å². The predicted octanol–water partition coefficient (Wildman–Crippen LogP) is 1.25. The van der Waals surface area contributed by atoms with Crippen molar-refractivity contribution in [3.63, 3.8) is 0 Å². The molecule has 16 heavy (non-hydrogen) atoms. The molecule has 0 bridgehead atoms. The van der Waals surface area contributed by atoms with Crippen LogP contribution in [0.5, 0.6) is 0 Å². The molecule has 0 saturated heterocycles. The van der Waals surface area contributed by atoms with E-state index in [1.807, 2.05) is 19.9 Å². The van der Waals surface area contributed by atoms with E-state index in [9.17, 15) is 4.79 Å². The Bertz CT molecular complexity index is 237. The molecule has 5 heteroatoms. The fraction of sp³-hybridized carbons (Fsp3) is 0.818. The number of carbonyl (C=O) groups is 1. The molecule has 0 heterocycles. The van der Waals surface area contributed by atoms with Gasteiger partial charge in [-0.3, -0.25) is 4.79 Å². The maximum atomic E-state index is 11.9. The first kappa shape index (κ1) is 15.3. The zero-order valence-electron chi connectivity index (χ0n) is 9.98. The molecule has 0 aromatic heterocycles. The number of aliphatic hydroxyl groups excluding tert-OH is 1. The van der Waals surface area contributed by atoms with Crippen molar-refractivity contribution in [3.05, 3.63) is 0 Å². The molecule has 0 aliphatic rings. The van der Waals surface area contributed by atoms with Gasteiger partial charge in [-0.15, -0.1) is 11.8 Å². The Balaban J connectivity index is 4.28. The molecule has 0 saturated carbocycles. The normalized spacial score (nSPS) is 10.2. The molecule has 0 aliphatic heterocycles. The third-order valence-electron chi connectivity index (χ3n) is 2.44. The van der Waals surface area contributed by atoms with E-state index in [-0.39, 0.29) is 18.6 Å². The van der Waals surface area contributed by atoms with Gasteiger partial charge in [0, 0.05) is 12.6 Å². The van der Waals surface area contributed by atoms with Gasteiger partial charge in [0.1, 0.15) is 0 Å². The molecular formula is C11H20N2O2S. The van der Waals surface area contributed by atoms with Crippen molar-refractivity contribution < 1.29 is 9.90 Å². The van der Waals surface area contributed by atoms with Crippen LogP contribution in [-0.4, -0.2) is 46.6 Å². The molecule has 0 rings (SSSR count). The Hall–Kier alpha value is -0.730.